The van der Waals surface area contributed by atoms with Gasteiger partial charge in [-0.1, -0.05) is 117 Å². The molecule has 2 aliphatic rings. The number of aliphatic carboxylic acids is 1. The Balaban J connectivity index is 1.52. The predicted molar refractivity (Wildman–Crippen MR) is 180 cm³/mol. The predicted octanol–water partition coefficient (Wildman–Crippen LogP) is 5.94. The van der Waals surface area contributed by atoms with E-state index >= 15 is 0 Å². The van der Waals surface area contributed by atoms with Crippen LogP contribution in [-0.4, -0.2) is 81.9 Å². The number of hydrogen-bond donors (Lipinski definition) is 1. The Bertz CT molecular complexity index is 1500. The van der Waals surface area contributed by atoms with E-state index in [4.69, 9.17) is 0 Å². The Hall–Kier alpha value is -5.11. The molecule has 2 heterocycles. The number of benzene rings is 3. The van der Waals surface area contributed by atoms with Crippen LogP contribution in [0, 0.1) is 5.92 Å². The van der Waals surface area contributed by atoms with Crippen LogP contribution in [0.5, 0.6) is 0 Å². The lowest BCUT2D eigenvalue weighted by molar-refractivity contribution is -0.143. The molecule has 0 aromatic heterocycles. The van der Waals surface area contributed by atoms with Crippen LogP contribution in [0.4, 0.5) is 4.79 Å². The number of carbonyl (C=O) groups excluding carboxylic acids is 2. The van der Waals surface area contributed by atoms with Crippen LogP contribution < -0.4 is 0 Å². The lowest BCUT2D eigenvalue weighted by atomic mass is 9.75. The number of rotatable bonds is 8. The van der Waals surface area contributed by atoms with Gasteiger partial charge in [0.1, 0.15) is 17.3 Å². The van der Waals surface area contributed by atoms with Gasteiger partial charge in [-0.3, -0.25) is 4.79 Å². The first-order valence-corrected chi connectivity index (χ1v) is 15.8. The first-order chi connectivity index (χ1) is 22.3. The van der Waals surface area contributed by atoms with Crippen molar-refractivity contribution < 1.29 is 19.5 Å². The average molecular weight is 619 g/mol. The van der Waals surface area contributed by atoms with Crippen molar-refractivity contribution in [3.05, 3.63) is 144 Å². The van der Waals surface area contributed by atoms with E-state index in [1.54, 1.807) is 18.7 Å². The number of urea groups is 1. The molecule has 1 atom stereocenters. The molecule has 2 aliphatic heterocycles. The Morgan fingerprint density at radius 2 is 1.22 bits per heavy atom. The molecule has 1 fully saturated rings. The molecule has 3 aromatic rings. The molecule has 1 N–H and O–H groups in total. The number of likely N-dealkylation sites (N-methyl/N-ethyl adjacent to an activating group) is 1. The monoisotopic (exact) mass is 618 g/mol. The van der Waals surface area contributed by atoms with Crippen LogP contribution in [0.1, 0.15) is 37.0 Å². The molecule has 46 heavy (non-hydrogen) atoms. The highest BCUT2D eigenvalue weighted by molar-refractivity contribution is 5.94. The van der Waals surface area contributed by atoms with Crippen molar-refractivity contribution >= 4 is 17.9 Å². The average Bonchev–Trinajstić information content (AvgIpc) is 3.48. The van der Waals surface area contributed by atoms with Crippen LogP contribution in [0.3, 0.4) is 0 Å². The van der Waals surface area contributed by atoms with E-state index in [1.807, 2.05) is 90.0 Å². The van der Waals surface area contributed by atoms with Gasteiger partial charge in [-0.2, -0.15) is 0 Å². The van der Waals surface area contributed by atoms with Gasteiger partial charge in [0.2, 0.25) is 0 Å². The van der Waals surface area contributed by atoms with Crippen LogP contribution in [-0.2, 0) is 15.1 Å². The SMILES string of the molecule is CC(C)[C@@H](C(=O)O)N(C)C(=O)N1CCCN(C(=O)C2=CC=CC=CN2C(c2ccccc2)(c2ccccc2)c2ccccc2)CC1. The van der Waals surface area contributed by atoms with Crippen molar-refractivity contribution in [2.24, 2.45) is 5.92 Å². The minimum Gasteiger partial charge on any atom is -0.480 e. The summed E-state index contributed by atoms with van der Waals surface area (Å²) in [5.74, 6) is -1.42. The molecule has 8 heteroatoms. The third-order valence-corrected chi connectivity index (χ3v) is 8.78. The van der Waals surface area contributed by atoms with Crippen LogP contribution in [0.15, 0.2) is 127 Å². The van der Waals surface area contributed by atoms with E-state index in [2.05, 4.69) is 41.3 Å². The second-order valence-electron chi connectivity index (χ2n) is 12.0. The number of allylic oxidation sites excluding steroid dienone is 4. The first-order valence-electron chi connectivity index (χ1n) is 15.8. The summed E-state index contributed by atoms with van der Waals surface area (Å²) in [5, 5.41) is 9.75. The molecule has 0 spiro atoms. The van der Waals surface area contributed by atoms with Crippen molar-refractivity contribution in [2.75, 3.05) is 33.2 Å². The molecule has 0 saturated carbocycles. The number of hydrogen-bond acceptors (Lipinski definition) is 4. The van der Waals surface area contributed by atoms with Crippen molar-refractivity contribution in [1.82, 2.24) is 19.6 Å². The summed E-state index contributed by atoms with van der Waals surface area (Å²) < 4.78 is 0. The van der Waals surface area contributed by atoms with Crippen LogP contribution in [0.25, 0.3) is 0 Å². The van der Waals surface area contributed by atoms with Gasteiger partial charge in [0.25, 0.3) is 5.91 Å². The first kappa shape index (κ1) is 32.3. The van der Waals surface area contributed by atoms with Crippen LogP contribution >= 0.6 is 0 Å². The summed E-state index contributed by atoms with van der Waals surface area (Å²) in [4.78, 5) is 46.9. The third-order valence-electron chi connectivity index (χ3n) is 8.78. The van der Waals surface area contributed by atoms with E-state index in [0.29, 0.717) is 38.3 Å². The highest BCUT2D eigenvalue weighted by Gasteiger charge is 2.44. The highest BCUT2D eigenvalue weighted by atomic mass is 16.4. The van der Waals surface area contributed by atoms with Crippen molar-refractivity contribution in [3.8, 4) is 0 Å². The minimum atomic E-state index is -1.03. The second-order valence-corrected chi connectivity index (χ2v) is 12.0. The lowest BCUT2D eigenvalue weighted by Crippen LogP contribution is -2.52. The molecular weight excluding hydrogens is 576 g/mol. The Morgan fingerprint density at radius 1 is 0.717 bits per heavy atom. The highest BCUT2D eigenvalue weighted by Crippen LogP contribution is 2.45. The van der Waals surface area contributed by atoms with Gasteiger partial charge in [-0.15, -0.1) is 0 Å². The maximum Gasteiger partial charge on any atom is 0.326 e. The molecule has 1 saturated heterocycles. The Labute approximate surface area is 271 Å². The quantitative estimate of drug-likeness (QED) is 0.316. The maximum atomic E-state index is 14.7. The molecule has 0 unspecified atom stereocenters. The summed E-state index contributed by atoms with van der Waals surface area (Å²) in [6.07, 6.45) is 10.2. The standard InChI is InChI=1S/C38H42N4O4/c1-29(2)34(36(44)45)39(3)37(46)41-25-16-24-40(27-28-41)35(43)33-23-14-7-15-26-42(33)38(30-17-8-4-9-18-30,31-19-10-5-11-20-31)32-21-12-6-13-22-32/h4-15,17-23,26,29,34H,16,24-25,27-28H2,1-3H3,(H,44,45)/t34-/m0/s1. The fourth-order valence-corrected chi connectivity index (χ4v) is 6.64. The van der Waals surface area contributed by atoms with E-state index in [1.165, 1.54) is 11.9 Å². The summed E-state index contributed by atoms with van der Waals surface area (Å²) in [5.41, 5.74) is 2.64. The summed E-state index contributed by atoms with van der Waals surface area (Å²) in [6.45, 7) is 5.11. The topological polar surface area (TPSA) is 84.4 Å². The normalized spacial score (nSPS) is 16.0. The number of nitrogens with zero attached hydrogens (tertiary/aromatic N) is 4. The summed E-state index contributed by atoms with van der Waals surface area (Å²) in [7, 11) is 1.54. The summed E-state index contributed by atoms with van der Waals surface area (Å²) in [6, 6.07) is 29.4. The molecular formula is C38H42N4O4. The second kappa shape index (κ2) is 14.3. The third kappa shape index (κ3) is 6.33. The molecule has 0 aliphatic carbocycles. The van der Waals surface area contributed by atoms with Crippen molar-refractivity contribution in [1.29, 1.82) is 0 Å². The smallest absolute Gasteiger partial charge is 0.326 e. The van der Waals surface area contributed by atoms with Gasteiger partial charge in [0, 0.05) is 39.4 Å². The van der Waals surface area contributed by atoms with E-state index in [0.717, 1.165) is 16.7 Å². The minimum absolute atomic E-state index is 0.142. The zero-order valence-corrected chi connectivity index (χ0v) is 26.7. The van der Waals surface area contributed by atoms with Gasteiger partial charge in [0.05, 0.1) is 0 Å². The van der Waals surface area contributed by atoms with Gasteiger partial charge in [-0.25, -0.2) is 9.59 Å². The van der Waals surface area contributed by atoms with Gasteiger partial charge >= 0.3 is 12.0 Å². The van der Waals surface area contributed by atoms with Gasteiger partial charge in [0.15, 0.2) is 0 Å². The number of carboxylic acid groups (broad SMARTS) is 1. The molecule has 3 amide bonds. The van der Waals surface area contributed by atoms with Crippen LogP contribution in [0.2, 0.25) is 0 Å². The lowest BCUT2D eigenvalue weighted by Gasteiger charge is -2.46. The number of carbonyl (C=O) groups is 3. The maximum absolute atomic E-state index is 14.7. The van der Waals surface area contributed by atoms with E-state index in [-0.39, 0.29) is 17.9 Å². The molecule has 238 valence electrons. The van der Waals surface area contributed by atoms with Gasteiger partial charge < -0.3 is 24.7 Å². The molecule has 0 bridgehead atoms. The van der Waals surface area contributed by atoms with Crippen molar-refractivity contribution in [3.63, 3.8) is 0 Å². The zero-order valence-electron chi connectivity index (χ0n) is 26.7. The van der Waals surface area contributed by atoms with E-state index in [9.17, 15) is 19.5 Å². The number of amides is 3. The molecule has 3 aromatic carbocycles. The largest absolute Gasteiger partial charge is 0.480 e. The fraction of sp³-hybridized carbons (Fsp3) is 0.289. The van der Waals surface area contributed by atoms with E-state index < -0.39 is 17.6 Å². The molecule has 5 rings (SSSR count). The summed E-state index contributed by atoms with van der Waals surface area (Å²) >= 11 is 0. The fourth-order valence-electron chi connectivity index (χ4n) is 6.64. The zero-order chi connectivity index (χ0) is 32.7. The van der Waals surface area contributed by atoms with Gasteiger partial charge in [-0.05, 0) is 41.2 Å². The number of carboxylic acids is 1. The Morgan fingerprint density at radius 3 is 1.72 bits per heavy atom. The molecule has 8 nitrogen and oxygen atoms in total. The molecule has 0 radical (unpaired) electrons. The van der Waals surface area contributed by atoms with Crippen molar-refractivity contribution in [2.45, 2.75) is 31.8 Å². The Kier molecular flexibility index (Phi) is 10.1.